The van der Waals surface area contributed by atoms with Crippen LogP contribution in [-0.4, -0.2) is 47.8 Å². The maximum atomic E-state index is 13.0. The number of thiophene rings is 1. The Labute approximate surface area is 192 Å². The van der Waals surface area contributed by atoms with Crippen LogP contribution in [0.25, 0.3) is 0 Å². The molecule has 1 saturated heterocycles. The van der Waals surface area contributed by atoms with E-state index in [-0.39, 0.29) is 29.7 Å². The van der Waals surface area contributed by atoms with Crippen molar-refractivity contribution in [3.63, 3.8) is 0 Å². The second-order valence-electron chi connectivity index (χ2n) is 7.88. The molecule has 0 radical (unpaired) electrons. The summed E-state index contributed by atoms with van der Waals surface area (Å²) >= 11 is 7.26. The first-order valence-corrected chi connectivity index (χ1v) is 11.8. The molecular formula is C23H28ClN3O3S. The van der Waals surface area contributed by atoms with E-state index in [1.807, 2.05) is 25.3 Å². The van der Waals surface area contributed by atoms with Gasteiger partial charge in [0.2, 0.25) is 5.91 Å². The van der Waals surface area contributed by atoms with Gasteiger partial charge in [-0.05, 0) is 67.8 Å². The number of nitrogens with one attached hydrogen (secondary N) is 2. The third kappa shape index (κ3) is 6.08. The third-order valence-corrected chi connectivity index (χ3v) is 6.83. The number of carbonyl (C=O) groups is 3. The highest BCUT2D eigenvalue weighted by Crippen LogP contribution is 2.24. The molecule has 8 heteroatoms. The normalized spacial score (nSPS) is 16.4. The van der Waals surface area contributed by atoms with E-state index in [2.05, 4.69) is 10.6 Å². The fourth-order valence-electron chi connectivity index (χ4n) is 3.66. The van der Waals surface area contributed by atoms with Crippen LogP contribution >= 0.6 is 22.9 Å². The Morgan fingerprint density at radius 2 is 1.81 bits per heavy atom. The number of piperidine rings is 1. The van der Waals surface area contributed by atoms with Crippen molar-refractivity contribution in [2.75, 3.05) is 13.1 Å². The number of halogens is 1. The average Bonchev–Trinajstić information content (AvgIpc) is 3.32. The van der Waals surface area contributed by atoms with Gasteiger partial charge in [0.1, 0.15) is 6.04 Å². The summed E-state index contributed by atoms with van der Waals surface area (Å²) in [5, 5.41) is 8.37. The van der Waals surface area contributed by atoms with Crippen molar-refractivity contribution in [2.24, 2.45) is 5.92 Å². The number of likely N-dealkylation sites (tertiary alicyclic amines) is 1. The highest BCUT2D eigenvalue weighted by atomic mass is 35.5. The number of hydrogen-bond donors (Lipinski definition) is 2. The molecule has 1 aliphatic heterocycles. The summed E-state index contributed by atoms with van der Waals surface area (Å²) in [7, 11) is 0. The molecule has 0 bridgehead atoms. The van der Waals surface area contributed by atoms with Crippen molar-refractivity contribution in [2.45, 2.75) is 45.2 Å². The second kappa shape index (κ2) is 10.8. The standard InChI is InChI=1S/C23H28ClN3O3S/c1-3-15(2)25-22(29)20(26-21(28)19-5-4-14-31-19)16-10-12-27(13-11-16)23(30)17-6-8-18(24)9-7-17/h4-9,14-16,20H,3,10-13H2,1-2H3,(H,25,29)(H,26,28)/t15-,20+/m1/s1. The molecule has 3 rings (SSSR count). The number of amides is 3. The van der Waals surface area contributed by atoms with Gasteiger partial charge in [0.25, 0.3) is 11.8 Å². The third-order valence-electron chi connectivity index (χ3n) is 5.70. The Balaban J connectivity index is 1.66. The van der Waals surface area contributed by atoms with Crippen LogP contribution < -0.4 is 10.6 Å². The molecule has 0 unspecified atom stereocenters. The fraction of sp³-hybridized carbons (Fsp3) is 0.435. The molecule has 166 valence electrons. The summed E-state index contributed by atoms with van der Waals surface area (Å²) in [4.78, 5) is 40.8. The van der Waals surface area contributed by atoms with Gasteiger partial charge in [-0.2, -0.15) is 0 Å². The van der Waals surface area contributed by atoms with Crippen LogP contribution in [-0.2, 0) is 4.79 Å². The number of hydrogen-bond acceptors (Lipinski definition) is 4. The van der Waals surface area contributed by atoms with E-state index in [1.165, 1.54) is 11.3 Å². The molecule has 2 heterocycles. The van der Waals surface area contributed by atoms with Gasteiger partial charge in [0, 0.05) is 29.7 Å². The first-order chi connectivity index (χ1) is 14.9. The van der Waals surface area contributed by atoms with Gasteiger partial charge < -0.3 is 15.5 Å². The van der Waals surface area contributed by atoms with Crippen LogP contribution in [0.3, 0.4) is 0 Å². The maximum absolute atomic E-state index is 13.0. The monoisotopic (exact) mass is 461 g/mol. The number of carbonyl (C=O) groups excluding carboxylic acids is 3. The highest BCUT2D eigenvalue weighted by Gasteiger charge is 2.34. The van der Waals surface area contributed by atoms with Crippen molar-refractivity contribution < 1.29 is 14.4 Å². The summed E-state index contributed by atoms with van der Waals surface area (Å²) in [5.74, 6) is -0.485. The molecule has 1 aromatic heterocycles. The Hall–Kier alpha value is -2.38. The van der Waals surface area contributed by atoms with Crippen LogP contribution in [0.15, 0.2) is 41.8 Å². The number of nitrogens with zero attached hydrogens (tertiary/aromatic N) is 1. The molecule has 2 aromatic rings. The van der Waals surface area contributed by atoms with Gasteiger partial charge in [-0.1, -0.05) is 24.6 Å². The lowest BCUT2D eigenvalue weighted by atomic mass is 9.88. The molecule has 0 aliphatic carbocycles. The van der Waals surface area contributed by atoms with E-state index in [0.717, 1.165) is 6.42 Å². The minimum Gasteiger partial charge on any atom is -0.352 e. The van der Waals surface area contributed by atoms with Crippen molar-refractivity contribution in [1.29, 1.82) is 0 Å². The summed E-state index contributed by atoms with van der Waals surface area (Å²) in [6, 6.07) is 9.82. The van der Waals surface area contributed by atoms with Crippen LogP contribution in [0.2, 0.25) is 5.02 Å². The van der Waals surface area contributed by atoms with E-state index in [0.29, 0.717) is 41.4 Å². The molecule has 1 fully saturated rings. The molecule has 2 atom stereocenters. The molecule has 2 N–H and O–H groups in total. The zero-order valence-electron chi connectivity index (χ0n) is 17.8. The summed E-state index contributed by atoms with van der Waals surface area (Å²) in [5.41, 5.74) is 0.597. The summed E-state index contributed by atoms with van der Waals surface area (Å²) < 4.78 is 0. The molecule has 31 heavy (non-hydrogen) atoms. The van der Waals surface area contributed by atoms with E-state index < -0.39 is 6.04 Å². The molecule has 1 aromatic carbocycles. The van der Waals surface area contributed by atoms with Crippen LogP contribution in [0, 0.1) is 5.92 Å². The zero-order chi connectivity index (χ0) is 22.4. The van der Waals surface area contributed by atoms with E-state index in [4.69, 9.17) is 11.6 Å². The minimum atomic E-state index is -0.628. The Morgan fingerprint density at radius 1 is 1.13 bits per heavy atom. The van der Waals surface area contributed by atoms with E-state index in [1.54, 1.807) is 35.2 Å². The predicted octanol–water partition coefficient (Wildman–Crippen LogP) is 3.97. The molecule has 0 saturated carbocycles. The topological polar surface area (TPSA) is 78.5 Å². The Bertz CT molecular complexity index is 893. The average molecular weight is 462 g/mol. The number of benzene rings is 1. The van der Waals surface area contributed by atoms with Gasteiger partial charge in [-0.25, -0.2) is 0 Å². The van der Waals surface area contributed by atoms with Gasteiger partial charge >= 0.3 is 0 Å². The maximum Gasteiger partial charge on any atom is 0.262 e. The van der Waals surface area contributed by atoms with Crippen LogP contribution in [0.1, 0.15) is 53.1 Å². The smallest absolute Gasteiger partial charge is 0.262 e. The van der Waals surface area contributed by atoms with Crippen molar-refractivity contribution in [3.8, 4) is 0 Å². The van der Waals surface area contributed by atoms with Gasteiger partial charge in [-0.3, -0.25) is 14.4 Å². The Kier molecular flexibility index (Phi) is 8.09. The van der Waals surface area contributed by atoms with Crippen LogP contribution in [0.5, 0.6) is 0 Å². The lowest BCUT2D eigenvalue weighted by molar-refractivity contribution is -0.125. The first kappa shape index (κ1) is 23.3. The number of rotatable bonds is 7. The molecule has 1 aliphatic rings. The quantitative estimate of drug-likeness (QED) is 0.654. The first-order valence-electron chi connectivity index (χ1n) is 10.6. The van der Waals surface area contributed by atoms with Gasteiger partial charge in [-0.15, -0.1) is 11.3 Å². The lowest BCUT2D eigenvalue weighted by Gasteiger charge is -2.36. The largest absolute Gasteiger partial charge is 0.352 e. The van der Waals surface area contributed by atoms with Crippen molar-refractivity contribution in [1.82, 2.24) is 15.5 Å². The second-order valence-corrected chi connectivity index (χ2v) is 9.27. The molecule has 6 nitrogen and oxygen atoms in total. The SMILES string of the molecule is CC[C@@H](C)NC(=O)[C@@H](NC(=O)c1cccs1)C1CCN(C(=O)c2ccc(Cl)cc2)CC1. The van der Waals surface area contributed by atoms with E-state index in [9.17, 15) is 14.4 Å². The van der Waals surface area contributed by atoms with Crippen molar-refractivity contribution >= 4 is 40.7 Å². The predicted molar refractivity (Wildman–Crippen MR) is 124 cm³/mol. The summed E-state index contributed by atoms with van der Waals surface area (Å²) in [6.45, 7) is 5.02. The lowest BCUT2D eigenvalue weighted by Crippen LogP contribution is -2.55. The zero-order valence-corrected chi connectivity index (χ0v) is 19.3. The van der Waals surface area contributed by atoms with Crippen LogP contribution in [0.4, 0.5) is 0 Å². The fourth-order valence-corrected chi connectivity index (χ4v) is 4.42. The molecule has 3 amide bonds. The minimum absolute atomic E-state index is 0.0280. The molecule has 0 spiro atoms. The van der Waals surface area contributed by atoms with Gasteiger partial charge in [0.15, 0.2) is 0 Å². The van der Waals surface area contributed by atoms with E-state index >= 15 is 0 Å². The Morgan fingerprint density at radius 3 is 2.39 bits per heavy atom. The summed E-state index contributed by atoms with van der Waals surface area (Å²) in [6.07, 6.45) is 2.09. The molecular weight excluding hydrogens is 434 g/mol. The van der Waals surface area contributed by atoms with Crippen molar-refractivity contribution in [3.05, 3.63) is 57.2 Å². The highest BCUT2D eigenvalue weighted by molar-refractivity contribution is 7.12. The van der Waals surface area contributed by atoms with Gasteiger partial charge in [0.05, 0.1) is 4.88 Å².